The van der Waals surface area contributed by atoms with Crippen LogP contribution in [0.15, 0.2) is 65.3 Å². The summed E-state index contributed by atoms with van der Waals surface area (Å²) >= 11 is 6.46. The van der Waals surface area contributed by atoms with E-state index in [1.165, 1.54) is 5.56 Å². The fourth-order valence-electron chi connectivity index (χ4n) is 2.32. The first-order chi connectivity index (χ1) is 9.84. The van der Waals surface area contributed by atoms with Crippen molar-refractivity contribution >= 4 is 28.5 Å². The van der Waals surface area contributed by atoms with Gasteiger partial charge < -0.3 is 0 Å². The van der Waals surface area contributed by atoms with E-state index < -0.39 is 0 Å². The van der Waals surface area contributed by atoms with Gasteiger partial charge in [-0.15, -0.1) is 0 Å². The minimum atomic E-state index is 0.811. The number of para-hydroxylation sites is 1. The number of aryl methyl sites for hydroxylation is 1. The van der Waals surface area contributed by atoms with Gasteiger partial charge in [-0.05, 0) is 41.7 Å². The smallest absolute Gasteiger partial charge is 0.0561 e. The Morgan fingerprint density at radius 2 is 1.70 bits per heavy atom. The van der Waals surface area contributed by atoms with Crippen LogP contribution in [-0.4, -0.2) is 6.21 Å². The van der Waals surface area contributed by atoms with Crippen LogP contribution in [0.1, 0.15) is 17.5 Å². The molecule has 2 aromatic rings. The number of halogens is 1. The second kappa shape index (κ2) is 5.93. The Labute approximate surface area is 123 Å². The van der Waals surface area contributed by atoms with Gasteiger partial charge in [0.1, 0.15) is 0 Å². The van der Waals surface area contributed by atoms with Crippen LogP contribution in [0.5, 0.6) is 0 Å². The van der Waals surface area contributed by atoms with Gasteiger partial charge in [0.05, 0.1) is 16.9 Å². The average Bonchev–Trinajstić information content (AvgIpc) is 2.51. The molecule has 0 saturated heterocycles. The molecule has 1 N–H and O–H groups in total. The summed E-state index contributed by atoms with van der Waals surface area (Å²) in [6.07, 6.45) is 3.76. The summed E-state index contributed by atoms with van der Waals surface area (Å²) in [5.74, 6) is 0. The van der Waals surface area contributed by atoms with Gasteiger partial charge in [0.15, 0.2) is 0 Å². The molecule has 3 heteroatoms. The zero-order valence-electron chi connectivity index (χ0n) is 11.0. The minimum Gasteiger partial charge on any atom is -0.279 e. The molecule has 0 amide bonds. The Morgan fingerprint density at radius 3 is 2.55 bits per heavy atom. The molecule has 0 aliphatic heterocycles. The molecule has 0 fully saturated rings. The summed E-state index contributed by atoms with van der Waals surface area (Å²) in [5, 5.41) is 5.08. The van der Waals surface area contributed by atoms with E-state index in [1.54, 1.807) is 0 Å². The van der Waals surface area contributed by atoms with Crippen molar-refractivity contribution in [1.82, 2.24) is 0 Å². The Hall–Kier alpha value is -2.06. The summed E-state index contributed by atoms with van der Waals surface area (Å²) in [7, 11) is 0. The molecule has 0 heterocycles. The van der Waals surface area contributed by atoms with E-state index in [4.69, 9.17) is 11.6 Å². The number of rotatable bonds is 3. The standard InChI is InChI=1S/C17H15ClN2/c18-17-14(11-10-13-6-4-5-9-16(13)17)12-19-20-15-7-2-1-3-8-15/h1-9,12,20H,10-11H2. The fraction of sp³-hybridized carbons (Fsp3) is 0.118. The third kappa shape index (κ3) is 2.75. The zero-order valence-corrected chi connectivity index (χ0v) is 11.8. The van der Waals surface area contributed by atoms with Crippen molar-refractivity contribution in [2.75, 3.05) is 5.43 Å². The van der Waals surface area contributed by atoms with E-state index in [1.807, 2.05) is 42.6 Å². The van der Waals surface area contributed by atoms with E-state index in [2.05, 4.69) is 28.7 Å². The van der Waals surface area contributed by atoms with Crippen molar-refractivity contribution in [3.63, 3.8) is 0 Å². The first kappa shape index (κ1) is 12.9. The molecular weight excluding hydrogens is 268 g/mol. The summed E-state index contributed by atoms with van der Waals surface area (Å²) in [4.78, 5) is 0. The van der Waals surface area contributed by atoms with Crippen LogP contribution >= 0.6 is 11.6 Å². The molecule has 1 aliphatic carbocycles. The number of hydrazone groups is 1. The van der Waals surface area contributed by atoms with Crippen molar-refractivity contribution < 1.29 is 0 Å². The normalized spacial score (nSPS) is 14.4. The minimum absolute atomic E-state index is 0.811. The van der Waals surface area contributed by atoms with Gasteiger partial charge >= 0.3 is 0 Å². The average molecular weight is 283 g/mol. The lowest BCUT2D eigenvalue weighted by Gasteiger charge is -2.17. The van der Waals surface area contributed by atoms with Crippen LogP contribution in [0.3, 0.4) is 0 Å². The number of benzene rings is 2. The monoisotopic (exact) mass is 282 g/mol. The van der Waals surface area contributed by atoms with E-state index >= 15 is 0 Å². The first-order valence-electron chi connectivity index (χ1n) is 6.65. The van der Waals surface area contributed by atoms with Crippen LogP contribution in [0, 0.1) is 0 Å². The molecule has 0 unspecified atom stereocenters. The molecule has 0 bridgehead atoms. The van der Waals surface area contributed by atoms with E-state index in [9.17, 15) is 0 Å². The van der Waals surface area contributed by atoms with Gasteiger partial charge in [-0.2, -0.15) is 5.10 Å². The van der Waals surface area contributed by atoms with Crippen LogP contribution in [-0.2, 0) is 6.42 Å². The number of fused-ring (bicyclic) bond motifs is 1. The molecule has 20 heavy (non-hydrogen) atoms. The molecule has 0 aromatic heterocycles. The van der Waals surface area contributed by atoms with Gasteiger partial charge in [0, 0.05) is 0 Å². The summed E-state index contributed by atoms with van der Waals surface area (Å²) in [5.41, 5.74) is 7.50. The van der Waals surface area contributed by atoms with Crippen LogP contribution in [0.25, 0.3) is 5.03 Å². The second-order valence-corrected chi connectivity index (χ2v) is 5.11. The highest BCUT2D eigenvalue weighted by Gasteiger charge is 2.15. The quantitative estimate of drug-likeness (QED) is 0.641. The van der Waals surface area contributed by atoms with Crippen molar-refractivity contribution in [2.45, 2.75) is 12.8 Å². The highest BCUT2D eigenvalue weighted by molar-refractivity contribution is 6.50. The van der Waals surface area contributed by atoms with Crippen molar-refractivity contribution in [3.05, 3.63) is 71.3 Å². The van der Waals surface area contributed by atoms with Gasteiger partial charge in [0.25, 0.3) is 0 Å². The van der Waals surface area contributed by atoms with Crippen molar-refractivity contribution in [3.8, 4) is 0 Å². The number of hydrogen-bond donors (Lipinski definition) is 1. The predicted molar refractivity (Wildman–Crippen MR) is 86.1 cm³/mol. The second-order valence-electron chi connectivity index (χ2n) is 4.73. The van der Waals surface area contributed by atoms with E-state index in [-0.39, 0.29) is 0 Å². The summed E-state index contributed by atoms with van der Waals surface area (Å²) in [6.45, 7) is 0. The number of anilines is 1. The van der Waals surface area contributed by atoms with E-state index in [0.717, 1.165) is 34.7 Å². The Kier molecular flexibility index (Phi) is 3.84. The Balaban J connectivity index is 1.78. The molecule has 0 atom stereocenters. The van der Waals surface area contributed by atoms with E-state index in [0.29, 0.717) is 0 Å². The molecule has 100 valence electrons. The molecule has 3 rings (SSSR count). The maximum absolute atomic E-state index is 6.46. The lowest BCUT2D eigenvalue weighted by molar-refractivity contribution is 0.960. The fourth-order valence-corrected chi connectivity index (χ4v) is 2.65. The van der Waals surface area contributed by atoms with Crippen molar-refractivity contribution in [2.24, 2.45) is 5.10 Å². The summed E-state index contributed by atoms with van der Waals surface area (Å²) < 4.78 is 0. The number of nitrogens with one attached hydrogen (secondary N) is 1. The maximum atomic E-state index is 6.46. The van der Waals surface area contributed by atoms with Crippen molar-refractivity contribution in [1.29, 1.82) is 0 Å². The number of nitrogens with zero attached hydrogens (tertiary/aromatic N) is 1. The van der Waals surface area contributed by atoms with Crippen LogP contribution in [0.2, 0.25) is 0 Å². The Bertz CT molecular complexity index is 660. The topological polar surface area (TPSA) is 24.4 Å². The zero-order chi connectivity index (χ0) is 13.8. The molecular formula is C17H15ClN2. The highest BCUT2D eigenvalue weighted by Crippen LogP contribution is 2.33. The first-order valence-corrected chi connectivity index (χ1v) is 7.03. The third-order valence-corrected chi connectivity index (χ3v) is 3.83. The largest absolute Gasteiger partial charge is 0.279 e. The number of allylic oxidation sites excluding steroid dienone is 1. The molecule has 0 saturated carbocycles. The van der Waals surface area contributed by atoms with Gasteiger partial charge in [-0.1, -0.05) is 54.1 Å². The Morgan fingerprint density at radius 1 is 0.950 bits per heavy atom. The van der Waals surface area contributed by atoms with Crippen LogP contribution < -0.4 is 5.43 Å². The summed E-state index contributed by atoms with van der Waals surface area (Å²) in [6, 6.07) is 18.1. The lowest BCUT2D eigenvalue weighted by atomic mass is 9.92. The predicted octanol–water partition coefficient (Wildman–Crippen LogP) is 4.68. The maximum Gasteiger partial charge on any atom is 0.0561 e. The molecule has 1 aliphatic rings. The van der Waals surface area contributed by atoms with Gasteiger partial charge in [-0.25, -0.2) is 0 Å². The SMILES string of the molecule is ClC1=C(C=NNc2ccccc2)CCc2ccccc21. The molecule has 2 nitrogen and oxygen atoms in total. The van der Waals surface area contributed by atoms with Crippen LogP contribution in [0.4, 0.5) is 5.69 Å². The van der Waals surface area contributed by atoms with Gasteiger partial charge in [-0.3, -0.25) is 5.43 Å². The lowest BCUT2D eigenvalue weighted by Crippen LogP contribution is -2.04. The molecule has 2 aromatic carbocycles. The molecule has 0 spiro atoms. The third-order valence-electron chi connectivity index (χ3n) is 3.39. The number of hydrogen-bond acceptors (Lipinski definition) is 2. The highest BCUT2D eigenvalue weighted by atomic mass is 35.5. The van der Waals surface area contributed by atoms with Gasteiger partial charge in [0.2, 0.25) is 0 Å². The molecule has 0 radical (unpaired) electrons.